The summed E-state index contributed by atoms with van der Waals surface area (Å²) in [5.41, 5.74) is 0.932. The summed E-state index contributed by atoms with van der Waals surface area (Å²) in [6.07, 6.45) is 0. The first-order valence-corrected chi connectivity index (χ1v) is 9.39. The van der Waals surface area contributed by atoms with Gasteiger partial charge in [0.25, 0.3) is 10.0 Å². The molecule has 2 rings (SSSR count). The third-order valence-electron chi connectivity index (χ3n) is 4.28. The number of carboxylic acids is 1. The molecule has 0 amide bonds. The molecule has 1 aromatic heterocycles. The first-order chi connectivity index (χ1) is 11.5. The standard InChI is InChI=1S/C17H23N3O4S/c1-6-20-12(3)15(11(2)18-20)25(23,24)19-14-9-7-13(8-10-14)17(4,5)16(21)22/h7-10,19H,6H2,1-5H3,(H,21,22). The lowest BCUT2D eigenvalue weighted by Crippen LogP contribution is -2.28. The lowest BCUT2D eigenvalue weighted by Gasteiger charge is -2.20. The van der Waals surface area contributed by atoms with E-state index in [1.807, 2.05) is 6.92 Å². The highest BCUT2D eigenvalue weighted by Crippen LogP contribution is 2.27. The number of carbonyl (C=O) groups is 1. The second-order valence-corrected chi connectivity index (χ2v) is 8.05. The third kappa shape index (κ3) is 3.53. The van der Waals surface area contributed by atoms with Crippen LogP contribution >= 0.6 is 0 Å². The maximum atomic E-state index is 12.7. The molecule has 0 spiro atoms. The maximum Gasteiger partial charge on any atom is 0.313 e. The lowest BCUT2D eigenvalue weighted by molar-refractivity contribution is -0.142. The maximum absolute atomic E-state index is 12.7. The fraction of sp³-hybridized carbons (Fsp3) is 0.412. The molecule has 0 saturated carbocycles. The molecule has 136 valence electrons. The first-order valence-electron chi connectivity index (χ1n) is 7.91. The summed E-state index contributed by atoms with van der Waals surface area (Å²) in [5, 5.41) is 13.5. The second-order valence-electron chi connectivity index (χ2n) is 6.43. The molecule has 0 aliphatic heterocycles. The van der Waals surface area contributed by atoms with Crippen LogP contribution in [-0.4, -0.2) is 29.3 Å². The Morgan fingerprint density at radius 3 is 2.24 bits per heavy atom. The average molecular weight is 365 g/mol. The van der Waals surface area contributed by atoms with Gasteiger partial charge in [-0.2, -0.15) is 5.10 Å². The number of hydrogen-bond donors (Lipinski definition) is 2. The van der Waals surface area contributed by atoms with E-state index in [0.29, 0.717) is 29.2 Å². The van der Waals surface area contributed by atoms with Gasteiger partial charge in [-0.1, -0.05) is 12.1 Å². The number of aliphatic carboxylic acids is 1. The number of anilines is 1. The molecule has 8 heteroatoms. The van der Waals surface area contributed by atoms with Crippen LogP contribution in [0.3, 0.4) is 0 Å². The van der Waals surface area contributed by atoms with Crippen LogP contribution in [0.5, 0.6) is 0 Å². The number of aryl methyl sites for hydroxylation is 2. The van der Waals surface area contributed by atoms with Crippen molar-refractivity contribution in [1.82, 2.24) is 9.78 Å². The predicted molar refractivity (Wildman–Crippen MR) is 95.3 cm³/mol. The Kier molecular flexibility index (Phi) is 4.94. The van der Waals surface area contributed by atoms with Crippen LogP contribution in [0.2, 0.25) is 0 Å². The second kappa shape index (κ2) is 6.51. The quantitative estimate of drug-likeness (QED) is 0.819. The highest BCUT2D eigenvalue weighted by Gasteiger charge is 2.29. The van der Waals surface area contributed by atoms with Gasteiger partial charge in [0.15, 0.2) is 0 Å². The number of nitrogens with one attached hydrogen (secondary N) is 1. The van der Waals surface area contributed by atoms with E-state index in [1.165, 1.54) is 0 Å². The largest absolute Gasteiger partial charge is 0.481 e. The molecule has 2 N–H and O–H groups in total. The topological polar surface area (TPSA) is 101 Å². The highest BCUT2D eigenvalue weighted by molar-refractivity contribution is 7.92. The molecule has 1 heterocycles. The molecule has 1 aromatic carbocycles. The summed E-state index contributed by atoms with van der Waals surface area (Å²) in [6.45, 7) is 9.05. The van der Waals surface area contributed by atoms with E-state index in [0.717, 1.165) is 0 Å². The van der Waals surface area contributed by atoms with Gasteiger partial charge in [0.05, 0.1) is 16.8 Å². The minimum absolute atomic E-state index is 0.171. The Morgan fingerprint density at radius 2 is 1.80 bits per heavy atom. The molecule has 0 fully saturated rings. The van der Waals surface area contributed by atoms with Crippen molar-refractivity contribution in [2.24, 2.45) is 0 Å². The molecular formula is C17H23N3O4S. The third-order valence-corrected chi connectivity index (χ3v) is 5.91. The van der Waals surface area contributed by atoms with Crippen LogP contribution in [0.1, 0.15) is 37.7 Å². The van der Waals surface area contributed by atoms with Gasteiger partial charge in [-0.25, -0.2) is 8.42 Å². The Morgan fingerprint density at radius 1 is 1.24 bits per heavy atom. The number of benzene rings is 1. The van der Waals surface area contributed by atoms with Gasteiger partial charge in [0.1, 0.15) is 4.90 Å². The van der Waals surface area contributed by atoms with E-state index in [-0.39, 0.29) is 4.90 Å². The zero-order chi connectivity index (χ0) is 19.0. The van der Waals surface area contributed by atoms with Gasteiger partial charge in [0.2, 0.25) is 0 Å². The first kappa shape index (κ1) is 19.0. The van der Waals surface area contributed by atoms with Crippen molar-refractivity contribution in [2.45, 2.75) is 51.5 Å². The van der Waals surface area contributed by atoms with Crippen LogP contribution < -0.4 is 4.72 Å². The van der Waals surface area contributed by atoms with E-state index in [1.54, 1.807) is 56.6 Å². The van der Waals surface area contributed by atoms with E-state index < -0.39 is 21.4 Å². The number of carboxylic acid groups (broad SMARTS) is 1. The van der Waals surface area contributed by atoms with E-state index in [9.17, 15) is 18.3 Å². The Bertz CT molecular complexity index is 897. The van der Waals surface area contributed by atoms with E-state index >= 15 is 0 Å². The molecule has 2 aromatic rings. The summed E-state index contributed by atoms with van der Waals surface area (Å²) in [7, 11) is -3.78. The van der Waals surface area contributed by atoms with Crippen LogP contribution in [0.15, 0.2) is 29.2 Å². The Hall–Kier alpha value is -2.35. The van der Waals surface area contributed by atoms with Crippen LogP contribution in [0, 0.1) is 13.8 Å². The van der Waals surface area contributed by atoms with Crippen LogP contribution in [0.25, 0.3) is 0 Å². The van der Waals surface area contributed by atoms with Gasteiger partial charge in [-0.15, -0.1) is 0 Å². The van der Waals surface area contributed by atoms with Crippen molar-refractivity contribution in [1.29, 1.82) is 0 Å². The highest BCUT2D eigenvalue weighted by atomic mass is 32.2. The van der Waals surface area contributed by atoms with Crippen molar-refractivity contribution < 1.29 is 18.3 Å². The minimum atomic E-state index is -3.78. The van der Waals surface area contributed by atoms with Gasteiger partial charge in [-0.05, 0) is 52.3 Å². The fourth-order valence-corrected chi connectivity index (χ4v) is 4.13. The van der Waals surface area contributed by atoms with Crippen molar-refractivity contribution in [3.63, 3.8) is 0 Å². The minimum Gasteiger partial charge on any atom is -0.481 e. The zero-order valence-corrected chi connectivity index (χ0v) is 15.8. The number of rotatable bonds is 6. The van der Waals surface area contributed by atoms with Crippen molar-refractivity contribution in [3.8, 4) is 0 Å². The van der Waals surface area contributed by atoms with Gasteiger partial charge >= 0.3 is 5.97 Å². The molecular weight excluding hydrogens is 342 g/mol. The predicted octanol–water partition coefficient (Wildman–Crippen LogP) is 2.68. The molecule has 0 unspecified atom stereocenters. The summed E-state index contributed by atoms with van der Waals surface area (Å²) >= 11 is 0. The summed E-state index contributed by atoms with van der Waals surface area (Å²) < 4.78 is 29.6. The SMILES string of the molecule is CCn1nc(C)c(S(=O)(=O)Nc2ccc(C(C)(C)C(=O)O)cc2)c1C. The molecule has 0 bridgehead atoms. The van der Waals surface area contributed by atoms with Gasteiger partial charge in [0, 0.05) is 12.2 Å². The number of nitrogens with zero attached hydrogens (tertiary/aromatic N) is 2. The molecule has 0 saturated heterocycles. The van der Waals surface area contributed by atoms with E-state index in [2.05, 4.69) is 9.82 Å². The molecule has 0 aliphatic carbocycles. The normalized spacial score (nSPS) is 12.2. The van der Waals surface area contributed by atoms with Crippen LogP contribution in [-0.2, 0) is 26.8 Å². The Balaban J connectivity index is 2.34. The molecule has 0 aliphatic rings. The fourth-order valence-electron chi connectivity index (χ4n) is 2.66. The van der Waals surface area contributed by atoms with Crippen LogP contribution in [0.4, 0.5) is 5.69 Å². The van der Waals surface area contributed by atoms with Gasteiger partial charge in [-0.3, -0.25) is 14.2 Å². The Labute approximate surface area is 147 Å². The smallest absolute Gasteiger partial charge is 0.313 e. The molecule has 0 atom stereocenters. The summed E-state index contributed by atoms with van der Waals surface area (Å²) in [4.78, 5) is 11.5. The van der Waals surface area contributed by atoms with Crippen molar-refractivity contribution in [3.05, 3.63) is 41.2 Å². The molecule has 0 radical (unpaired) electrons. The number of aromatic nitrogens is 2. The van der Waals surface area contributed by atoms with Crippen molar-refractivity contribution in [2.75, 3.05) is 4.72 Å². The van der Waals surface area contributed by atoms with E-state index in [4.69, 9.17) is 0 Å². The molecule has 7 nitrogen and oxygen atoms in total. The summed E-state index contributed by atoms with van der Waals surface area (Å²) in [6, 6.07) is 6.35. The average Bonchev–Trinajstić information content (AvgIpc) is 2.81. The monoisotopic (exact) mass is 365 g/mol. The molecule has 25 heavy (non-hydrogen) atoms. The summed E-state index contributed by atoms with van der Waals surface area (Å²) in [5.74, 6) is -0.945. The van der Waals surface area contributed by atoms with Crippen molar-refractivity contribution >= 4 is 21.7 Å². The number of hydrogen-bond acceptors (Lipinski definition) is 4. The number of sulfonamides is 1. The zero-order valence-electron chi connectivity index (χ0n) is 15.0. The van der Waals surface area contributed by atoms with Gasteiger partial charge < -0.3 is 5.11 Å². The lowest BCUT2D eigenvalue weighted by atomic mass is 9.85.